The van der Waals surface area contributed by atoms with Crippen LogP contribution in [-0.4, -0.2) is 28.1 Å². The second-order valence-electron chi connectivity index (χ2n) is 7.18. The SMILES string of the molecule is Cc1ccc(CSc2nnc(SCC(=O)N/N=C\c3cccc(Oc4ccccc4)c3)s2)cc1. The molecule has 1 amide bonds. The van der Waals surface area contributed by atoms with Gasteiger partial charge >= 0.3 is 0 Å². The Hall–Kier alpha value is -3.14. The van der Waals surface area contributed by atoms with E-state index >= 15 is 0 Å². The number of aryl methyl sites for hydroxylation is 1. The number of benzene rings is 3. The van der Waals surface area contributed by atoms with Crippen LogP contribution in [0.5, 0.6) is 11.5 Å². The third kappa shape index (κ3) is 7.72. The van der Waals surface area contributed by atoms with Gasteiger partial charge < -0.3 is 4.74 Å². The fourth-order valence-electron chi connectivity index (χ4n) is 2.76. The number of hydrazone groups is 1. The molecule has 4 rings (SSSR count). The zero-order valence-corrected chi connectivity index (χ0v) is 20.8. The number of nitrogens with one attached hydrogen (secondary N) is 1. The van der Waals surface area contributed by atoms with E-state index in [0.717, 1.165) is 25.7 Å². The van der Waals surface area contributed by atoms with E-state index in [4.69, 9.17) is 4.74 Å². The Balaban J connectivity index is 1.20. The monoisotopic (exact) mass is 506 g/mol. The number of hydrogen-bond acceptors (Lipinski definition) is 8. The predicted molar refractivity (Wildman–Crippen MR) is 140 cm³/mol. The first-order valence-electron chi connectivity index (χ1n) is 10.4. The smallest absolute Gasteiger partial charge is 0.250 e. The Morgan fingerprint density at radius 1 is 0.971 bits per heavy atom. The number of aromatic nitrogens is 2. The number of amides is 1. The van der Waals surface area contributed by atoms with Crippen molar-refractivity contribution in [2.24, 2.45) is 5.10 Å². The highest BCUT2D eigenvalue weighted by Gasteiger charge is 2.09. The van der Waals surface area contributed by atoms with E-state index in [-0.39, 0.29) is 11.7 Å². The molecule has 1 aromatic heterocycles. The molecule has 3 aromatic carbocycles. The van der Waals surface area contributed by atoms with Crippen LogP contribution in [0.15, 0.2) is 92.6 Å². The normalized spacial score (nSPS) is 11.0. The summed E-state index contributed by atoms with van der Waals surface area (Å²) in [7, 11) is 0. The molecule has 4 aromatic rings. The summed E-state index contributed by atoms with van der Waals surface area (Å²) in [6, 6.07) is 25.5. The molecule has 0 aliphatic carbocycles. The van der Waals surface area contributed by atoms with Crippen LogP contribution in [0.4, 0.5) is 0 Å². The highest BCUT2D eigenvalue weighted by Crippen LogP contribution is 2.30. The summed E-state index contributed by atoms with van der Waals surface area (Å²) >= 11 is 4.48. The Morgan fingerprint density at radius 2 is 1.71 bits per heavy atom. The van der Waals surface area contributed by atoms with E-state index in [1.165, 1.54) is 34.2 Å². The third-order valence-corrected chi connectivity index (χ3v) is 7.70. The maximum atomic E-state index is 12.1. The Morgan fingerprint density at radius 3 is 2.50 bits per heavy atom. The van der Waals surface area contributed by atoms with Gasteiger partial charge in [-0.2, -0.15) is 5.10 Å². The summed E-state index contributed by atoms with van der Waals surface area (Å²) in [5.74, 6) is 2.31. The molecule has 0 saturated carbocycles. The van der Waals surface area contributed by atoms with E-state index in [9.17, 15) is 4.79 Å². The van der Waals surface area contributed by atoms with Crippen molar-refractivity contribution in [3.8, 4) is 11.5 Å². The van der Waals surface area contributed by atoms with Gasteiger partial charge in [-0.25, -0.2) is 5.43 Å². The molecule has 9 heteroatoms. The average molecular weight is 507 g/mol. The summed E-state index contributed by atoms with van der Waals surface area (Å²) in [6.07, 6.45) is 1.59. The molecule has 172 valence electrons. The Kier molecular flexibility index (Phi) is 8.72. The van der Waals surface area contributed by atoms with Crippen LogP contribution in [0, 0.1) is 6.92 Å². The zero-order valence-electron chi connectivity index (χ0n) is 18.4. The lowest BCUT2D eigenvalue weighted by molar-refractivity contribution is -0.118. The van der Waals surface area contributed by atoms with Gasteiger partial charge in [0.1, 0.15) is 11.5 Å². The lowest BCUT2D eigenvalue weighted by atomic mass is 10.2. The predicted octanol–water partition coefficient (Wildman–Crippen LogP) is 6.17. The molecule has 1 heterocycles. The van der Waals surface area contributed by atoms with Crippen LogP contribution >= 0.6 is 34.9 Å². The van der Waals surface area contributed by atoms with Crippen molar-refractivity contribution < 1.29 is 9.53 Å². The number of ether oxygens (including phenoxy) is 1. The molecule has 0 radical (unpaired) electrons. The van der Waals surface area contributed by atoms with E-state index in [1.807, 2.05) is 54.6 Å². The molecule has 0 unspecified atom stereocenters. The first-order chi connectivity index (χ1) is 16.6. The number of nitrogens with zero attached hydrogens (tertiary/aromatic N) is 3. The molecule has 6 nitrogen and oxygen atoms in total. The van der Waals surface area contributed by atoms with Gasteiger partial charge in [-0.1, -0.05) is 95.0 Å². The van der Waals surface area contributed by atoms with Gasteiger partial charge in [-0.05, 0) is 42.3 Å². The van der Waals surface area contributed by atoms with E-state index in [1.54, 1.807) is 18.0 Å². The van der Waals surface area contributed by atoms with Gasteiger partial charge in [0.2, 0.25) is 0 Å². The molecule has 0 bridgehead atoms. The minimum Gasteiger partial charge on any atom is -0.457 e. The number of hydrogen-bond donors (Lipinski definition) is 1. The maximum Gasteiger partial charge on any atom is 0.250 e. The van der Waals surface area contributed by atoms with Crippen LogP contribution in [0.2, 0.25) is 0 Å². The average Bonchev–Trinajstić information content (AvgIpc) is 3.31. The third-order valence-electron chi connectivity index (χ3n) is 4.44. The first kappa shape index (κ1) is 24.0. The van der Waals surface area contributed by atoms with Crippen LogP contribution in [-0.2, 0) is 10.5 Å². The van der Waals surface area contributed by atoms with Gasteiger partial charge in [0, 0.05) is 5.75 Å². The van der Waals surface area contributed by atoms with E-state index in [2.05, 4.69) is 51.9 Å². The van der Waals surface area contributed by atoms with Crippen molar-refractivity contribution in [3.63, 3.8) is 0 Å². The zero-order chi connectivity index (χ0) is 23.6. The van der Waals surface area contributed by atoms with Gasteiger partial charge in [-0.15, -0.1) is 10.2 Å². The fraction of sp³-hybridized carbons (Fsp3) is 0.120. The van der Waals surface area contributed by atoms with Gasteiger partial charge in [0.15, 0.2) is 8.68 Å². The van der Waals surface area contributed by atoms with Crippen molar-refractivity contribution in [1.82, 2.24) is 15.6 Å². The first-order valence-corrected chi connectivity index (χ1v) is 13.2. The molecule has 0 aliphatic rings. The second kappa shape index (κ2) is 12.4. The maximum absolute atomic E-state index is 12.1. The minimum atomic E-state index is -0.206. The van der Waals surface area contributed by atoms with E-state index < -0.39 is 0 Å². The number of para-hydroxylation sites is 1. The molecule has 0 spiro atoms. The van der Waals surface area contributed by atoms with Crippen molar-refractivity contribution >= 4 is 47.0 Å². The second-order valence-corrected chi connectivity index (χ2v) is 10.6. The topological polar surface area (TPSA) is 76.5 Å². The Bertz CT molecular complexity index is 1240. The van der Waals surface area contributed by atoms with Crippen molar-refractivity contribution in [2.75, 3.05) is 5.75 Å². The van der Waals surface area contributed by atoms with Gasteiger partial charge in [-0.3, -0.25) is 4.79 Å². The lowest BCUT2D eigenvalue weighted by Gasteiger charge is -2.05. The molecule has 0 atom stereocenters. The van der Waals surface area contributed by atoms with Crippen LogP contribution in [0.1, 0.15) is 16.7 Å². The number of carbonyl (C=O) groups excluding carboxylic acids is 1. The highest BCUT2D eigenvalue weighted by atomic mass is 32.2. The van der Waals surface area contributed by atoms with Crippen molar-refractivity contribution in [2.45, 2.75) is 21.4 Å². The quantitative estimate of drug-likeness (QED) is 0.157. The van der Waals surface area contributed by atoms with Crippen molar-refractivity contribution in [3.05, 3.63) is 95.6 Å². The number of rotatable bonds is 10. The summed E-state index contributed by atoms with van der Waals surface area (Å²) in [5, 5.41) is 12.4. The highest BCUT2D eigenvalue weighted by molar-refractivity contribution is 8.03. The molecular weight excluding hydrogens is 485 g/mol. The molecule has 0 aliphatic heterocycles. The van der Waals surface area contributed by atoms with Crippen LogP contribution in [0.25, 0.3) is 0 Å². The van der Waals surface area contributed by atoms with Gasteiger partial charge in [0.25, 0.3) is 5.91 Å². The van der Waals surface area contributed by atoms with Crippen molar-refractivity contribution in [1.29, 1.82) is 0 Å². The summed E-state index contributed by atoms with van der Waals surface area (Å²) < 4.78 is 7.47. The van der Waals surface area contributed by atoms with E-state index in [0.29, 0.717) is 5.75 Å². The number of thioether (sulfide) groups is 2. The minimum absolute atomic E-state index is 0.206. The number of carbonyl (C=O) groups is 1. The molecule has 1 N–H and O–H groups in total. The Labute approximate surface area is 210 Å². The lowest BCUT2D eigenvalue weighted by Crippen LogP contribution is -2.19. The molecule has 0 saturated heterocycles. The summed E-state index contributed by atoms with van der Waals surface area (Å²) in [5.41, 5.74) is 5.86. The molecular formula is C25H22N4O2S3. The largest absolute Gasteiger partial charge is 0.457 e. The summed E-state index contributed by atoms with van der Waals surface area (Å²) in [4.78, 5) is 12.1. The fourth-order valence-corrected chi connectivity index (χ4v) is 5.53. The standard InChI is InChI=1S/C25H22N4O2S3/c1-18-10-12-19(13-11-18)16-32-24-28-29-25(34-24)33-17-23(30)27-26-15-20-6-5-9-22(14-20)31-21-7-3-2-4-8-21/h2-15H,16-17H2,1H3,(H,27,30)/b26-15-. The van der Waals surface area contributed by atoms with Crippen LogP contribution < -0.4 is 10.2 Å². The van der Waals surface area contributed by atoms with Crippen LogP contribution in [0.3, 0.4) is 0 Å². The molecule has 0 fully saturated rings. The molecule has 34 heavy (non-hydrogen) atoms. The summed E-state index contributed by atoms with van der Waals surface area (Å²) in [6.45, 7) is 2.08. The van der Waals surface area contributed by atoms with Gasteiger partial charge in [0.05, 0.1) is 12.0 Å².